The highest BCUT2D eigenvalue weighted by Gasteiger charge is 2.26. The van der Waals surface area contributed by atoms with Gasteiger partial charge in [0.25, 0.3) is 0 Å². The highest BCUT2D eigenvalue weighted by molar-refractivity contribution is 6.63. The Balaban J connectivity index is 3.39. The van der Waals surface area contributed by atoms with Gasteiger partial charge in [0.05, 0.1) is 0 Å². The number of hydrogen-bond acceptors (Lipinski definition) is 2. The van der Waals surface area contributed by atoms with Crippen LogP contribution in [0.3, 0.4) is 0 Å². The molecule has 6 heteroatoms. The maximum atomic E-state index is 12.0. The van der Waals surface area contributed by atoms with Crippen LogP contribution in [0.2, 0.25) is 13.1 Å². The zero-order valence-electron chi connectivity index (χ0n) is 4.49. The van der Waals surface area contributed by atoms with E-state index in [4.69, 9.17) is 0 Å². The summed E-state index contributed by atoms with van der Waals surface area (Å²) in [4.78, 5) is 0. The molecule has 0 saturated carbocycles. The minimum absolute atomic E-state index is 1.01. The van der Waals surface area contributed by atoms with Crippen LogP contribution in [0.1, 0.15) is 0 Å². The molecule has 0 aromatic heterocycles. The van der Waals surface area contributed by atoms with E-state index >= 15 is 0 Å². The first-order valence-electron chi connectivity index (χ1n) is 1.91. The molecule has 0 saturated heterocycles. The lowest BCUT2D eigenvalue weighted by Crippen LogP contribution is -2.27. The summed E-state index contributed by atoms with van der Waals surface area (Å²) in [6.07, 6.45) is 0. The molecular formula is C2H6F3NOSi. The minimum Gasteiger partial charge on any atom is -0.275 e. The van der Waals surface area contributed by atoms with Crippen molar-refractivity contribution in [1.82, 2.24) is 5.51 Å². The molecule has 0 spiro atoms. The van der Waals surface area contributed by atoms with Crippen molar-refractivity contribution < 1.29 is 17.6 Å². The second-order valence-electron chi connectivity index (χ2n) is 1.66. The molecule has 0 bridgehead atoms. The van der Waals surface area contributed by atoms with E-state index in [0.717, 1.165) is 13.1 Å². The van der Waals surface area contributed by atoms with Gasteiger partial charge in [-0.1, -0.05) is 8.96 Å². The van der Waals surface area contributed by atoms with Gasteiger partial charge in [0.15, 0.2) is 5.51 Å². The fourth-order valence-electron chi connectivity index (χ4n) is 0.164. The van der Waals surface area contributed by atoms with Gasteiger partial charge in [0.1, 0.15) is 0 Å². The van der Waals surface area contributed by atoms with Gasteiger partial charge in [0.2, 0.25) is 0 Å². The third-order valence-electron chi connectivity index (χ3n) is 0.286. The molecule has 8 heavy (non-hydrogen) atoms. The maximum Gasteiger partial charge on any atom is 0.402 e. The van der Waals surface area contributed by atoms with Gasteiger partial charge in [-0.25, -0.2) is 0 Å². The second kappa shape index (κ2) is 2.47. The predicted octanol–water partition coefficient (Wildman–Crippen LogP) is 1.66. The predicted molar refractivity (Wildman–Crippen MR) is 23.7 cm³/mol. The van der Waals surface area contributed by atoms with Crippen LogP contribution in [0.4, 0.5) is 13.1 Å². The van der Waals surface area contributed by atoms with E-state index in [0.29, 0.717) is 0 Å². The van der Waals surface area contributed by atoms with Crippen LogP contribution < -0.4 is 0 Å². The Kier molecular flexibility index (Phi) is 2.45. The minimum atomic E-state index is -3.54. The molecule has 0 heterocycles. The van der Waals surface area contributed by atoms with E-state index in [1.807, 2.05) is 0 Å². The van der Waals surface area contributed by atoms with Gasteiger partial charge in [0, 0.05) is 0 Å². The monoisotopic (exact) mass is 145 g/mol. The Bertz CT molecular complexity index is 72.2. The van der Waals surface area contributed by atoms with Gasteiger partial charge in [-0.3, -0.25) is 8.63 Å². The van der Waals surface area contributed by atoms with Gasteiger partial charge >= 0.3 is 8.65 Å². The summed E-state index contributed by atoms with van der Waals surface area (Å²) in [5.41, 5.74) is -1.60. The molecule has 2 nitrogen and oxygen atoms in total. The van der Waals surface area contributed by atoms with Crippen molar-refractivity contribution in [2.75, 3.05) is 0 Å². The molecule has 50 valence electrons. The smallest absolute Gasteiger partial charge is 0.275 e. The third kappa shape index (κ3) is 5.93. The molecule has 0 radical (unpaired) electrons. The SMILES string of the molecule is C[Si](C)(F)ON(F)F. The molecule has 0 amide bonds. The Labute approximate surface area is 46.0 Å². The molecule has 0 aliphatic heterocycles. The first kappa shape index (κ1) is 7.93. The highest BCUT2D eigenvalue weighted by atomic mass is 28.4. The van der Waals surface area contributed by atoms with Crippen LogP contribution >= 0.6 is 0 Å². The van der Waals surface area contributed by atoms with Crippen molar-refractivity contribution in [2.45, 2.75) is 13.1 Å². The second-order valence-corrected chi connectivity index (χ2v) is 4.57. The summed E-state index contributed by atoms with van der Waals surface area (Å²) in [6.45, 7) is 2.03. The fraction of sp³-hybridized carbons (Fsp3) is 1.00. The van der Waals surface area contributed by atoms with Gasteiger partial charge in [-0.15, -0.1) is 0 Å². The van der Waals surface area contributed by atoms with Crippen LogP contribution in [0.25, 0.3) is 0 Å². The van der Waals surface area contributed by atoms with Crippen molar-refractivity contribution in [3.63, 3.8) is 0 Å². The highest BCUT2D eigenvalue weighted by Crippen LogP contribution is 2.08. The van der Waals surface area contributed by atoms with Crippen molar-refractivity contribution >= 4 is 8.65 Å². The van der Waals surface area contributed by atoms with E-state index in [1.54, 1.807) is 0 Å². The molecule has 0 N–H and O–H groups in total. The molecule has 0 aromatic carbocycles. The van der Waals surface area contributed by atoms with Gasteiger partial charge in [-0.05, 0) is 13.1 Å². The maximum absolute atomic E-state index is 12.0. The molecule has 0 unspecified atom stereocenters. The molecule has 0 atom stereocenters. The standard InChI is InChI=1S/C2H6F3NOSi/c1-8(2,5)7-6(3)4/h1-2H3. The van der Waals surface area contributed by atoms with E-state index in [1.165, 1.54) is 0 Å². The summed E-state index contributed by atoms with van der Waals surface area (Å²) in [5, 5.41) is 0. The Morgan fingerprint density at radius 1 is 1.38 bits per heavy atom. The Morgan fingerprint density at radius 3 is 1.75 bits per heavy atom. The van der Waals surface area contributed by atoms with E-state index in [-0.39, 0.29) is 0 Å². The summed E-state index contributed by atoms with van der Waals surface area (Å²) < 4.78 is 37.3. The van der Waals surface area contributed by atoms with Gasteiger partial charge in [-0.2, -0.15) is 0 Å². The van der Waals surface area contributed by atoms with Crippen molar-refractivity contribution in [3.05, 3.63) is 0 Å². The first-order valence-corrected chi connectivity index (χ1v) is 4.70. The number of halogens is 3. The Morgan fingerprint density at radius 2 is 1.75 bits per heavy atom. The molecule has 0 rings (SSSR count). The van der Waals surface area contributed by atoms with E-state index in [2.05, 4.69) is 4.53 Å². The molecule has 0 aliphatic carbocycles. The largest absolute Gasteiger partial charge is 0.402 e. The molecule has 0 fully saturated rings. The summed E-state index contributed by atoms with van der Waals surface area (Å²) in [6, 6.07) is 0. The lowest BCUT2D eigenvalue weighted by molar-refractivity contribution is -0.348. The quantitative estimate of drug-likeness (QED) is 0.253. The van der Waals surface area contributed by atoms with E-state index in [9.17, 15) is 13.1 Å². The van der Waals surface area contributed by atoms with Crippen LogP contribution in [0.5, 0.6) is 0 Å². The normalized spacial score (nSPS) is 12.8. The molecule has 0 aromatic rings. The lowest BCUT2D eigenvalue weighted by atomic mass is 11.9. The fourth-order valence-corrected chi connectivity index (χ4v) is 0.492. The van der Waals surface area contributed by atoms with Crippen molar-refractivity contribution in [2.24, 2.45) is 0 Å². The number of hydrogen-bond donors (Lipinski definition) is 0. The summed E-state index contributed by atoms with van der Waals surface area (Å²) >= 11 is 0. The summed E-state index contributed by atoms with van der Waals surface area (Å²) in [5.74, 6) is 0. The van der Waals surface area contributed by atoms with Crippen molar-refractivity contribution in [3.8, 4) is 0 Å². The lowest BCUT2D eigenvalue weighted by Gasteiger charge is -2.08. The Hall–Kier alpha value is -0.0731. The third-order valence-corrected chi connectivity index (χ3v) is 0.858. The zero-order chi connectivity index (χ0) is 6.78. The van der Waals surface area contributed by atoms with E-state index < -0.39 is 14.2 Å². The van der Waals surface area contributed by atoms with Crippen LogP contribution in [-0.4, -0.2) is 14.2 Å². The zero-order valence-corrected chi connectivity index (χ0v) is 5.49. The molecule has 0 aliphatic rings. The molecular weight excluding hydrogens is 139 g/mol. The number of nitrogens with zero attached hydrogens (tertiary/aromatic N) is 1. The first-order chi connectivity index (χ1) is 3.42. The van der Waals surface area contributed by atoms with Crippen molar-refractivity contribution in [1.29, 1.82) is 0 Å². The van der Waals surface area contributed by atoms with Crippen LogP contribution in [0, 0.1) is 0 Å². The van der Waals surface area contributed by atoms with Crippen LogP contribution in [-0.2, 0) is 4.53 Å². The number of rotatable bonds is 2. The van der Waals surface area contributed by atoms with Gasteiger partial charge < -0.3 is 0 Å². The van der Waals surface area contributed by atoms with Crippen LogP contribution in [0.15, 0.2) is 0 Å². The average molecular weight is 145 g/mol. The topological polar surface area (TPSA) is 12.5 Å². The average Bonchev–Trinajstić information content (AvgIpc) is 1.21. The summed E-state index contributed by atoms with van der Waals surface area (Å²) in [7, 11) is -3.54.